The summed E-state index contributed by atoms with van der Waals surface area (Å²) >= 11 is 3.60. The second-order valence-corrected chi connectivity index (χ2v) is 4.41. The van der Waals surface area contributed by atoms with Crippen LogP contribution in [-0.2, 0) is 0 Å². The van der Waals surface area contributed by atoms with Gasteiger partial charge in [0, 0.05) is 5.33 Å². The molecule has 14 heavy (non-hydrogen) atoms. The van der Waals surface area contributed by atoms with E-state index in [9.17, 15) is 0 Å². The first kappa shape index (κ1) is 11.8. The molecule has 0 bridgehead atoms. The lowest BCUT2D eigenvalue weighted by Crippen LogP contribution is -1.99. The zero-order valence-electron chi connectivity index (χ0n) is 8.88. The highest BCUT2D eigenvalue weighted by molar-refractivity contribution is 9.09. The molecule has 0 heterocycles. The maximum Gasteiger partial charge on any atom is 0.0100 e. The normalized spacial score (nSPS) is 12.7. The molecule has 0 aliphatic carbocycles. The van der Waals surface area contributed by atoms with Crippen LogP contribution in [0.25, 0.3) is 0 Å². The van der Waals surface area contributed by atoms with E-state index in [1.807, 2.05) is 0 Å². The zero-order valence-corrected chi connectivity index (χ0v) is 10.5. The fourth-order valence-corrected chi connectivity index (χ4v) is 2.40. The highest BCUT2D eigenvalue weighted by atomic mass is 79.9. The summed E-state index contributed by atoms with van der Waals surface area (Å²) in [6.07, 6.45) is 5.32. The van der Waals surface area contributed by atoms with E-state index in [-0.39, 0.29) is 0 Å². The summed E-state index contributed by atoms with van der Waals surface area (Å²) in [6, 6.07) is 10.8. The van der Waals surface area contributed by atoms with Crippen LogP contribution < -0.4 is 0 Å². The van der Waals surface area contributed by atoms with Crippen molar-refractivity contribution in [3.05, 3.63) is 35.9 Å². The van der Waals surface area contributed by atoms with Crippen molar-refractivity contribution in [2.24, 2.45) is 0 Å². The molecule has 0 nitrogen and oxygen atoms in total. The molecular weight excluding hydrogens is 236 g/mol. The third kappa shape index (κ3) is 3.83. The van der Waals surface area contributed by atoms with E-state index in [2.05, 4.69) is 53.2 Å². The molecule has 1 rings (SSSR count). The zero-order chi connectivity index (χ0) is 10.2. The molecule has 0 radical (unpaired) electrons. The molecule has 0 aliphatic rings. The largest absolute Gasteiger partial charge is 0.0921 e. The Kier molecular flexibility index (Phi) is 5.93. The van der Waals surface area contributed by atoms with Gasteiger partial charge in [0.15, 0.2) is 0 Å². The number of alkyl halides is 1. The van der Waals surface area contributed by atoms with Crippen molar-refractivity contribution < 1.29 is 0 Å². The molecule has 0 amide bonds. The van der Waals surface area contributed by atoms with Crippen LogP contribution in [-0.4, -0.2) is 5.33 Å². The van der Waals surface area contributed by atoms with Crippen LogP contribution in [0.15, 0.2) is 30.3 Å². The number of hydrogen-bond acceptors (Lipinski definition) is 0. The molecule has 1 unspecified atom stereocenters. The molecule has 1 atom stereocenters. The van der Waals surface area contributed by atoms with E-state index < -0.39 is 0 Å². The molecule has 1 heteroatoms. The van der Waals surface area contributed by atoms with Gasteiger partial charge in [-0.1, -0.05) is 72.4 Å². The summed E-state index contributed by atoms with van der Waals surface area (Å²) in [5, 5.41) is 1.08. The van der Waals surface area contributed by atoms with E-state index in [0.29, 0.717) is 5.92 Å². The van der Waals surface area contributed by atoms with Gasteiger partial charge in [-0.2, -0.15) is 0 Å². The van der Waals surface area contributed by atoms with Gasteiger partial charge in [-0.15, -0.1) is 0 Å². The SMILES string of the molecule is CCCCCC(CBr)c1ccccc1. The summed E-state index contributed by atoms with van der Waals surface area (Å²) < 4.78 is 0. The van der Waals surface area contributed by atoms with Crippen molar-refractivity contribution in [3.8, 4) is 0 Å². The lowest BCUT2D eigenvalue weighted by atomic mass is 9.95. The molecule has 0 spiro atoms. The van der Waals surface area contributed by atoms with Gasteiger partial charge in [0.25, 0.3) is 0 Å². The molecule has 0 fully saturated rings. The summed E-state index contributed by atoms with van der Waals surface area (Å²) in [5.74, 6) is 0.697. The van der Waals surface area contributed by atoms with Crippen LogP contribution in [0.5, 0.6) is 0 Å². The molecule has 0 saturated carbocycles. The van der Waals surface area contributed by atoms with E-state index in [0.717, 1.165) is 5.33 Å². The Morgan fingerprint density at radius 2 is 1.86 bits per heavy atom. The first-order chi connectivity index (χ1) is 6.88. The van der Waals surface area contributed by atoms with Crippen molar-refractivity contribution in [3.63, 3.8) is 0 Å². The number of unbranched alkanes of at least 4 members (excludes halogenated alkanes) is 2. The Labute approximate surface area is 95.9 Å². The quantitative estimate of drug-likeness (QED) is 0.508. The Bertz CT molecular complexity index is 230. The minimum atomic E-state index is 0.697. The predicted octanol–water partition coefficient (Wildman–Crippen LogP) is 4.75. The molecule has 0 aliphatic heterocycles. The van der Waals surface area contributed by atoms with Gasteiger partial charge in [-0.3, -0.25) is 0 Å². The Morgan fingerprint density at radius 1 is 1.14 bits per heavy atom. The van der Waals surface area contributed by atoms with Gasteiger partial charge in [0.2, 0.25) is 0 Å². The maximum absolute atomic E-state index is 3.60. The minimum absolute atomic E-state index is 0.697. The topological polar surface area (TPSA) is 0 Å². The minimum Gasteiger partial charge on any atom is -0.0921 e. The molecule has 0 saturated heterocycles. The lowest BCUT2D eigenvalue weighted by molar-refractivity contribution is 0.605. The van der Waals surface area contributed by atoms with Gasteiger partial charge in [0.05, 0.1) is 0 Å². The Hall–Kier alpha value is -0.300. The van der Waals surface area contributed by atoms with Crippen LogP contribution >= 0.6 is 15.9 Å². The van der Waals surface area contributed by atoms with Crippen LogP contribution in [0.2, 0.25) is 0 Å². The highest BCUT2D eigenvalue weighted by Crippen LogP contribution is 2.24. The van der Waals surface area contributed by atoms with Gasteiger partial charge in [-0.05, 0) is 17.9 Å². The molecule has 78 valence electrons. The van der Waals surface area contributed by atoms with Crippen molar-refractivity contribution in [1.29, 1.82) is 0 Å². The van der Waals surface area contributed by atoms with Crippen molar-refractivity contribution in [2.75, 3.05) is 5.33 Å². The summed E-state index contributed by atoms with van der Waals surface area (Å²) in [7, 11) is 0. The summed E-state index contributed by atoms with van der Waals surface area (Å²) in [6.45, 7) is 2.26. The van der Waals surface area contributed by atoms with Crippen LogP contribution in [0.3, 0.4) is 0 Å². The van der Waals surface area contributed by atoms with Gasteiger partial charge in [0.1, 0.15) is 0 Å². The van der Waals surface area contributed by atoms with Gasteiger partial charge < -0.3 is 0 Å². The highest BCUT2D eigenvalue weighted by Gasteiger charge is 2.08. The summed E-state index contributed by atoms with van der Waals surface area (Å²) in [4.78, 5) is 0. The maximum atomic E-state index is 3.60. The fraction of sp³-hybridized carbons (Fsp3) is 0.538. The first-order valence-electron chi connectivity index (χ1n) is 5.49. The van der Waals surface area contributed by atoms with Gasteiger partial charge >= 0.3 is 0 Å². The van der Waals surface area contributed by atoms with E-state index in [1.54, 1.807) is 0 Å². The molecule has 1 aromatic carbocycles. The fourth-order valence-electron chi connectivity index (χ4n) is 1.70. The standard InChI is InChI=1S/C13H19Br/c1-2-3-5-10-13(11-14)12-8-6-4-7-9-12/h4,6-9,13H,2-3,5,10-11H2,1H3. The van der Waals surface area contributed by atoms with E-state index >= 15 is 0 Å². The summed E-state index contributed by atoms with van der Waals surface area (Å²) in [5.41, 5.74) is 1.47. The Balaban J connectivity index is 2.46. The number of hydrogen-bond donors (Lipinski definition) is 0. The molecule has 0 N–H and O–H groups in total. The average molecular weight is 255 g/mol. The smallest absolute Gasteiger partial charge is 0.0100 e. The van der Waals surface area contributed by atoms with Crippen molar-refractivity contribution in [2.45, 2.75) is 38.5 Å². The molecular formula is C13H19Br. The Morgan fingerprint density at radius 3 is 2.43 bits per heavy atom. The van der Waals surface area contributed by atoms with Crippen LogP contribution in [0, 0.1) is 0 Å². The number of halogens is 1. The van der Waals surface area contributed by atoms with Gasteiger partial charge in [-0.25, -0.2) is 0 Å². The third-order valence-electron chi connectivity index (χ3n) is 2.61. The molecule has 1 aromatic rings. The monoisotopic (exact) mass is 254 g/mol. The number of rotatable bonds is 6. The predicted molar refractivity (Wildman–Crippen MR) is 67.1 cm³/mol. The average Bonchev–Trinajstić information content (AvgIpc) is 2.26. The second kappa shape index (κ2) is 7.05. The third-order valence-corrected chi connectivity index (χ3v) is 3.39. The number of benzene rings is 1. The molecule has 0 aromatic heterocycles. The van der Waals surface area contributed by atoms with Crippen molar-refractivity contribution >= 4 is 15.9 Å². The van der Waals surface area contributed by atoms with Crippen molar-refractivity contribution in [1.82, 2.24) is 0 Å². The van der Waals surface area contributed by atoms with Crippen LogP contribution in [0.4, 0.5) is 0 Å². The second-order valence-electron chi connectivity index (χ2n) is 3.76. The van der Waals surface area contributed by atoms with Crippen LogP contribution in [0.1, 0.15) is 44.1 Å². The van der Waals surface area contributed by atoms with E-state index in [1.165, 1.54) is 31.2 Å². The van der Waals surface area contributed by atoms with E-state index in [4.69, 9.17) is 0 Å². The lowest BCUT2D eigenvalue weighted by Gasteiger charge is -2.13. The first-order valence-corrected chi connectivity index (χ1v) is 6.61.